The molecule has 2 aliphatic rings. The number of hydrogen-bond acceptors (Lipinski definition) is 5. The van der Waals surface area contributed by atoms with Gasteiger partial charge < -0.3 is 4.84 Å². The maximum Gasteiger partial charge on any atom is 0.278 e. The molecule has 102 valence electrons. The van der Waals surface area contributed by atoms with Crippen molar-refractivity contribution in [1.82, 2.24) is 0 Å². The second-order valence-electron chi connectivity index (χ2n) is 4.52. The lowest BCUT2D eigenvalue weighted by Gasteiger charge is -2.14. The highest BCUT2D eigenvalue weighted by Gasteiger charge is 2.56. The van der Waals surface area contributed by atoms with Crippen LogP contribution < -0.4 is 4.90 Å². The van der Waals surface area contributed by atoms with Gasteiger partial charge in [0, 0.05) is 11.9 Å². The number of oxime groups is 1. The van der Waals surface area contributed by atoms with E-state index < -0.39 is 23.8 Å². The number of hydrogen-bond donors (Lipinski definition) is 0. The average molecular weight is 293 g/mol. The Morgan fingerprint density at radius 2 is 1.90 bits per heavy atom. The standard InChI is InChI=1S/C13H9ClN2O4/c1-6(17)10-9-11(20-15-10)13(19)16(12(9)18)8-4-2-7(14)3-5-8/h2-5,9,11H,1H3/t9-,11+/m0/s1. The molecule has 0 aromatic heterocycles. The van der Waals surface area contributed by atoms with Crippen LogP contribution in [0.15, 0.2) is 29.4 Å². The van der Waals surface area contributed by atoms with Gasteiger partial charge in [0.05, 0.1) is 5.69 Å². The Balaban J connectivity index is 1.98. The number of anilines is 1. The van der Waals surface area contributed by atoms with Crippen LogP contribution in [-0.4, -0.2) is 29.4 Å². The maximum absolute atomic E-state index is 12.4. The van der Waals surface area contributed by atoms with Crippen LogP contribution >= 0.6 is 11.6 Å². The first-order valence-corrected chi connectivity index (χ1v) is 6.26. The number of halogens is 1. The molecule has 1 saturated heterocycles. The summed E-state index contributed by atoms with van der Waals surface area (Å²) in [6, 6.07) is 6.27. The van der Waals surface area contributed by atoms with E-state index in [1.165, 1.54) is 6.92 Å². The Morgan fingerprint density at radius 3 is 2.50 bits per heavy atom. The molecular weight excluding hydrogens is 284 g/mol. The van der Waals surface area contributed by atoms with E-state index in [-0.39, 0.29) is 11.5 Å². The summed E-state index contributed by atoms with van der Waals surface area (Å²) in [6.07, 6.45) is -1.04. The van der Waals surface area contributed by atoms with Gasteiger partial charge in [0.2, 0.25) is 12.0 Å². The number of nitrogens with zero attached hydrogens (tertiary/aromatic N) is 2. The molecule has 1 fully saturated rings. The highest BCUT2D eigenvalue weighted by molar-refractivity contribution is 6.47. The van der Waals surface area contributed by atoms with Gasteiger partial charge in [-0.25, -0.2) is 4.90 Å². The van der Waals surface area contributed by atoms with E-state index >= 15 is 0 Å². The summed E-state index contributed by atoms with van der Waals surface area (Å²) in [6.45, 7) is 1.28. The van der Waals surface area contributed by atoms with E-state index in [0.717, 1.165) is 4.90 Å². The number of amides is 2. The molecule has 0 N–H and O–H groups in total. The summed E-state index contributed by atoms with van der Waals surface area (Å²) >= 11 is 5.77. The van der Waals surface area contributed by atoms with E-state index in [4.69, 9.17) is 16.4 Å². The van der Waals surface area contributed by atoms with Gasteiger partial charge in [0.25, 0.3) is 5.91 Å². The van der Waals surface area contributed by atoms with Crippen LogP contribution in [0.25, 0.3) is 0 Å². The molecule has 20 heavy (non-hydrogen) atoms. The lowest BCUT2D eigenvalue weighted by Crippen LogP contribution is -2.33. The molecule has 2 heterocycles. The van der Waals surface area contributed by atoms with Crippen molar-refractivity contribution >= 4 is 40.6 Å². The topological polar surface area (TPSA) is 76.0 Å². The predicted octanol–water partition coefficient (Wildman–Crippen LogP) is 1.17. The SMILES string of the molecule is CC(=O)C1=NO[C@H]2C(=O)N(c3ccc(Cl)cc3)C(=O)[C@@H]12. The average Bonchev–Trinajstić information content (AvgIpc) is 2.94. The van der Waals surface area contributed by atoms with Crippen LogP contribution in [0.2, 0.25) is 5.02 Å². The molecule has 1 aromatic rings. The minimum atomic E-state index is -1.04. The van der Waals surface area contributed by atoms with E-state index in [2.05, 4.69) is 5.16 Å². The minimum Gasteiger partial charge on any atom is -0.381 e. The first-order valence-electron chi connectivity index (χ1n) is 5.88. The van der Waals surface area contributed by atoms with Gasteiger partial charge in [-0.1, -0.05) is 16.8 Å². The monoisotopic (exact) mass is 292 g/mol. The van der Waals surface area contributed by atoms with Crippen molar-refractivity contribution in [2.24, 2.45) is 11.1 Å². The Morgan fingerprint density at radius 1 is 1.25 bits per heavy atom. The molecule has 3 rings (SSSR count). The van der Waals surface area contributed by atoms with Crippen molar-refractivity contribution in [2.75, 3.05) is 4.90 Å². The molecule has 7 heteroatoms. The third kappa shape index (κ3) is 1.72. The van der Waals surface area contributed by atoms with Crippen molar-refractivity contribution in [2.45, 2.75) is 13.0 Å². The molecule has 0 bridgehead atoms. The first-order chi connectivity index (χ1) is 9.50. The zero-order chi connectivity index (χ0) is 14.4. The molecular formula is C13H9ClN2O4. The van der Waals surface area contributed by atoms with Gasteiger partial charge in [0.15, 0.2) is 5.78 Å². The van der Waals surface area contributed by atoms with Crippen molar-refractivity contribution in [3.05, 3.63) is 29.3 Å². The van der Waals surface area contributed by atoms with Crippen molar-refractivity contribution in [3.63, 3.8) is 0 Å². The highest BCUT2D eigenvalue weighted by atomic mass is 35.5. The van der Waals surface area contributed by atoms with Crippen LogP contribution in [0.1, 0.15) is 6.92 Å². The van der Waals surface area contributed by atoms with Gasteiger partial charge >= 0.3 is 0 Å². The summed E-state index contributed by atoms with van der Waals surface area (Å²) in [7, 11) is 0. The number of fused-ring (bicyclic) bond motifs is 1. The van der Waals surface area contributed by atoms with Crippen LogP contribution in [0.3, 0.4) is 0 Å². The van der Waals surface area contributed by atoms with Gasteiger partial charge in [-0.2, -0.15) is 0 Å². The second kappa shape index (κ2) is 4.42. The Labute approximate surface area is 118 Å². The van der Waals surface area contributed by atoms with Crippen LogP contribution in [0.5, 0.6) is 0 Å². The summed E-state index contributed by atoms with van der Waals surface area (Å²) in [5.41, 5.74) is 0.384. The normalized spacial score (nSPS) is 24.5. The third-order valence-corrected chi connectivity index (χ3v) is 3.51. The first kappa shape index (κ1) is 12.8. The van der Waals surface area contributed by atoms with Gasteiger partial charge in [-0.15, -0.1) is 0 Å². The number of imide groups is 1. The second-order valence-corrected chi connectivity index (χ2v) is 4.96. The fourth-order valence-electron chi connectivity index (χ4n) is 2.31. The fourth-order valence-corrected chi connectivity index (χ4v) is 2.44. The van der Waals surface area contributed by atoms with Crippen molar-refractivity contribution < 1.29 is 19.2 Å². The van der Waals surface area contributed by atoms with Gasteiger partial charge in [-0.3, -0.25) is 14.4 Å². The van der Waals surface area contributed by atoms with Gasteiger partial charge in [0.1, 0.15) is 11.6 Å². The van der Waals surface area contributed by atoms with E-state index in [9.17, 15) is 14.4 Å². The molecule has 2 atom stereocenters. The lowest BCUT2D eigenvalue weighted by molar-refractivity contribution is -0.126. The Bertz CT molecular complexity index is 653. The fraction of sp³-hybridized carbons (Fsp3) is 0.231. The number of carbonyl (C=O) groups excluding carboxylic acids is 3. The van der Waals surface area contributed by atoms with E-state index in [0.29, 0.717) is 10.7 Å². The maximum atomic E-state index is 12.4. The zero-order valence-electron chi connectivity index (χ0n) is 10.4. The number of ketones is 1. The molecule has 2 amide bonds. The highest BCUT2D eigenvalue weighted by Crippen LogP contribution is 2.33. The third-order valence-electron chi connectivity index (χ3n) is 3.26. The lowest BCUT2D eigenvalue weighted by atomic mass is 9.97. The summed E-state index contributed by atoms with van der Waals surface area (Å²) in [5.74, 6) is -2.36. The molecule has 1 aromatic carbocycles. The molecule has 0 saturated carbocycles. The largest absolute Gasteiger partial charge is 0.381 e. The van der Waals surface area contributed by atoms with Crippen LogP contribution in [0, 0.1) is 5.92 Å². The number of benzene rings is 1. The molecule has 6 nitrogen and oxygen atoms in total. The molecule has 0 unspecified atom stereocenters. The van der Waals surface area contributed by atoms with Crippen molar-refractivity contribution in [3.8, 4) is 0 Å². The molecule has 0 spiro atoms. The summed E-state index contributed by atoms with van der Waals surface area (Å²) < 4.78 is 0. The number of carbonyl (C=O) groups is 3. The number of Topliss-reactive ketones (excluding diaryl/α,β-unsaturated/α-hetero) is 1. The molecule has 0 aliphatic carbocycles. The van der Waals surface area contributed by atoms with Crippen LogP contribution in [-0.2, 0) is 19.2 Å². The zero-order valence-corrected chi connectivity index (χ0v) is 11.1. The van der Waals surface area contributed by atoms with E-state index in [1.54, 1.807) is 24.3 Å². The Hall–Kier alpha value is -2.21. The van der Waals surface area contributed by atoms with E-state index in [1.807, 2.05) is 0 Å². The molecule has 2 aliphatic heterocycles. The van der Waals surface area contributed by atoms with Gasteiger partial charge in [-0.05, 0) is 24.3 Å². The Kier molecular flexibility index (Phi) is 2.83. The van der Waals surface area contributed by atoms with Crippen molar-refractivity contribution in [1.29, 1.82) is 0 Å². The summed E-state index contributed by atoms with van der Waals surface area (Å²) in [5, 5.41) is 4.04. The predicted molar refractivity (Wildman–Crippen MR) is 70.4 cm³/mol. The quantitative estimate of drug-likeness (QED) is 0.767. The molecule has 0 radical (unpaired) electrons. The minimum absolute atomic E-state index is 0.00943. The number of rotatable bonds is 2. The summed E-state index contributed by atoms with van der Waals surface area (Å²) in [4.78, 5) is 41.9. The van der Waals surface area contributed by atoms with Crippen LogP contribution in [0.4, 0.5) is 5.69 Å². The smallest absolute Gasteiger partial charge is 0.278 e.